The van der Waals surface area contributed by atoms with Crippen molar-refractivity contribution in [3.8, 4) is 0 Å². The molecular weight excluding hydrogens is 304 g/mol. The van der Waals surface area contributed by atoms with Crippen LogP contribution in [0.5, 0.6) is 0 Å². The minimum atomic E-state index is -0.0501. The van der Waals surface area contributed by atoms with Crippen molar-refractivity contribution in [2.24, 2.45) is 0 Å². The molecule has 7 heteroatoms. The van der Waals surface area contributed by atoms with E-state index >= 15 is 0 Å². The molecule has 4 rings (SSSR count). The Balaban J connectivity index is 1.61. The molecule has 2 aliphatic heterocycles. The van der Waals surface area contributed by atoms with Crippen LogP contribution in [0, 0.1) is 0 Å². The molecule has 0 aromatic carbocycles. The molecule has 126 valence electrons. The van der Waals surface area contributed by atoms with Crippen LogP contribution in [-0.2, 0) is 4.74 Å². The van der Waals surface area contributed by atoms with E-state index in [1.165, 1.54) is 19.3 Å². The molecule has 2 aliphatic rings. The van der Waals surface area contributed by atoms with E-state index in [4.69, 9.17) is 9.72 Å². The molecular formula is C17H22N6O. The molecule has 0 radical (unpaired) electrons. The van der Waals surface area contributed by atoms with E-state index in [1.54, 1.807) is 12.4 Å². The minimum absolute atomic E-state index is 0.0501. The van der Waals surface area contributed by atoms with Crippen LogP contribution in [0.25, 0.3) is 0 Å². The first-order chi connectivity index (χ1) is 11.9. The smallest absolute Gasteiger partial charge is 0.226 e. The van der Waals surface area contributed by atoms with E-state index in [9.17, 15) is 0 Å². The number of anilines is 2. The van der Waals surface area contributed by atoms with E-state index in [0.717, 1.165) is 31.3 Å². The third-order valence-electron chi connectivity index (χ3n) is 4.58. The lowest BCUT2D eigenvalue weighted by molar-refractivity contribution is 0.0908. The topological polar surface area (TPSA) is 67.3 Å². The largest absolute Gasteiger partial charge is 0.377 e. The zero-order chi connectivity index (χ0) is 16.2. The van der Waals surface area contributed by atoms with Crippen molar-refractivity contribution in [2.75, 3.05) is 42.6 Å². The summed E-state index contributed by atoms with van der Waals surface area (Å²) in [7, 11) is 0. The second-order valence-electron chi connectivity index (χ2n) is 6.15. The Hall–Kier alpha value is -2.28. The van der Waals surface area contributed by atoms with Crippen LogP contribution >= 0.6 is 0 Å². The van der Waals surface area contributed by atoms with Gasteiger partial charge in [-0.1, -0.05) is 0 Å². The van der Waals surface area contributed by atoms with Crippen LogP contribution in [0.4, 0.5) is 11.8 Å². The molecule has 2 aromatic heterocycles. The molecule has 7 nitrogen and oxygen atoms in total. The summed E-state index contributed by atoms with van der Waals surface area (Å²) in [6.07, 6.45) is 9.15. The Morgan fingerprint density at radius 3 is 2.62 bits per heavy atom. The van der Waals surface area contributed by atoms with Crippen molar-refractivity contribution in [3.63, 3.8) is 0 Å². The van der Waals surface area contributed by atoms with Crippen LogP contribution in [0.2, 0.25) is 0 Å². The fourth-order valence-corrected chi connectivity index (χ4v) is 3.32. The van der Waals surface area contributed by atoms with Gasteiger partial charge in [-0.25, -0.2) is 19.9 Å². The summed E-state index contributed by atoms with van der Waals surface area (Å²) in [6.45, 7) is 4.11. The molecule has 0 spiro atoms. The van der Waals surface area contributed by atoms with Crippen molar-refractivity contribution in [1.82, 2.24) is 19.9 Å². The van der Waals surface area contributed by atoms with Gasteiger partial charge in [-0.2, -0.15) is 0 Å². The minimum Gasteiger partial charge on any atom is -0.377 e. The Bertz CT molecular complexity index is 661. The van der Waals surface area contributed by atoms with Crippen molar-refractivity contribution in [2.45, 2.75) is 25.3 Å². The zero-order valence-corrected chi connectivity index (χ0v) is 13.7. The second-order valence-corrected chi connectivity index (χ2v) is 6.15. The normalized spacial score (nSPS) is 21.8. The second kappa shape index (κ2) is 7.09. The number of morpholine rings is 1. The first kappa shape index (κ1) is 15.3. The molecule has 2 aromatic rings. The number of nitrogens with zero attached hydrogens (tertiary/aromatic N) is 6. The average molecular weight is 326 g/mol. The highest BCUT2D eigenvalue weighted by Gasteiger charge is 2.29. The van der Waals surface area contributed by atoms with Gasteiger partial charge in [0.05, 0.1) is 13.2 Å². The number of rotatable bonds is 3. The number of hydrogen-bond donors (Lipinski definition) is 0. The molecule has 24 heavy (non-hydrogen) atoms. The lowest BCUT2D eigenvalue weighted by Gasteiger charge is -2.35. The maximum absolute atomic E-state index is 5.68. The van der Waals surface area contributed by atoms with Gasteiger partial charge in [0.25, 0.3) is 0 Å². The summed E-state index contributed by atoms with van der Waals surface area (Å²) in [6, 6.07) is 3.78. The SMILES string of the molecule is c1cnc(N2CCOC[C@@H]2c2nccc(N3CCCCC3)n2)nc1. The third-order valence-corrected chi connectivity index (χ3v) is 4.58. The van der Waals surface area contributed by atoms with Gasteiger partial charge in [0.2, 0.25) is 5.95 Å². The first-order valence-corrected chi connectivity index (χ1v) is 8.61. The number of piperidine rings is 1. The highest BCUT2D eigenvalue weighted by atomic mass is 16.5. The van der Waals surface area contributed by atoms with E-state index in [0.29, 0.717) is 19.2 Å². The quantitative estimate of drug-likeness (QED) is 0.852. The summed E-state index contributed by atoms with van der Waals surface area (Å²) >= 11 is 0. The maximum Gasteiger partial charge on any atom is 0.226 e. The van der Waals surface area contributed by atoms with E-state index in [1.807, 2.05) is 18.3 Å². The summed E-state index contributed by atoms with van der Waals surface area (Å²) in [5.74, 6) is 2.50. The Morgan fingerprint density at radius 1 is 0.958 bits per heavy atom. The molecule has 0 aliphatic carbocycles. The molecule has 1 atom stereocenters. The Labute approximate surface area is 141 Å². The lowest BCUT2D eigenvalue weighted by atomic mass is 10.1. The maximum atomic E-state index is 5.68. The summed E-state index contributed by atoms with van der Waals surface area (Å²) < 4.78 is 5.68. The molecule has 0 unspecified atom stereocenters. The molecule has 0 amide bonds. The van der Waals surface area contributed by atoms with Gasteiger partial charge in [0.15, 0.2) is 5.82 Å². The van der Waals surface area contributed by atoms with Gasteiger partial charge in [0.1, 0.15) is 11.9 Å². The predicted molar refractivity (Wildman–Crippen MR) is 91.0 cm³/mol. The highest BCUT2D eigenvalue weighted by molar-refractivity contribution is 5.40. The van der Waals surface area contributed by atoms with Crippen molar-refractivity contribution in [3.05, 3.63) is 36.5 Å². The van der Waals surface area contributed by atoms with Gasteiger partial charge in [-0.15, -0.1) is 0 Å². The number of ether oxygens (including phenoxy) is 1. The van der Waals surface area contributed by atoms with E-state index < -0.39 is 0 Å². The van der Waals surface area contributed by atoms with Gasteiger partial charge in [-0.3, -0.25) is 0 Å². The molecule has 2 saturated heterocycles. The molecule has 2 fully saturated rings. The predicted octanol–water partition coefficient (Wildman–Crippen LogP) is 1.83. The van der Waals surface area contributed by atoms with E-state index in [-0.39, 0.29) is 6.04 Å². The highest BCUT2D eigenvalue weighted by Crippen LogP contribution is 2.26. The fourth-order valence-electron chi connectivity index (χ4n) is 3.32. The van der Waals surface area contributed by atoms with Crippen LogP contribution in [-0.4, -0.2) is 52.8 Å². The van der Waals surface area contributed by atoms with Crippen molar-refractivity contribution in [1.29, 1.82) is 0 Å². The van der Waals surface area contributed by atoms with Crippen LogP contribution in [0.3, 0.4) is 0 Å². The standard InChI is InChI=1S/C17H22N6O/c1-2-9-22(10-3-1)15-5-8-18-16(21-15)14-13-24-12-11-23(14)17-19-6-4-7-20-17/h4-8,14H,1-3,9-13H2/t14-/m1/s1. The third kappa shape index (κ3) is 3.17. The molecule has 0 N–H and O–H groups in total. The van der Waals surface area contributed by atoms with Gasteiger partial charge < -0.3 is 14.5 Å². The number of hydrogen-bond acceptors (Lipinski definition) is 7. The van der Waals surface area contributed by atoms with Crippen LogP contribution < -0.4 is 9.80 Å². The molecule has 0 bridgehead atoms. The zero-order valence-electron chi connectivity index (χ0n) is 13.7. The molecule has 4 heterocycles. The van der Waals surface area contributed by atoms with Gasteiger partial charge in [-0.05, 0) is 31.4 Å². The van der Waals surface area contributed by atoms with Crippen molar-refractivity contribution < 1.29 is 4.74 Å². The average Bonchev–Trinajstić information content (AvgIpc) is 2.69. The monoisotopic (exact) mass is 326 g/mol. The van der Waals surface area contributed by atoms with Gasteiger partial charge >= 0.3 is 0 Å². The van der Waals surface area contributed by atoms with Crippen LogP contribution in [0.1, 0.15) is 31.1 Å². The summed E-state index contributed by atoms with van der Waals surface area (Å²) in [5.41, 5.74) is 0. The Morgan fingerprint density at radius 2 is 1.79 bits per heavy atom. The molecule has 0 saturated carbocycles. The first-order valence-electron chi connectivity index (χ1n) is 8.61. The van der Waals surface area contributed by atoms with Gasteiger partial charge in [0, 0.05) is 38.2 Å². The number of aromatic nitrogens is 4. The summed E-state index contributed by atoms with van der Waals surface area (Å²) in [5, 5.41) is 0. The summed E-state index contributed by atoms with van der Waals surface area (Å²) in [4.78, 5) is 22.6. The van der Waals surface area contributed by atoms with E-state index in [2.05, 4.69) is 24.8 Å². The van der Waals surface area contributed by atoms with Crippen molar-refractivity contribution >= 4 is 11.8 Å². The lowest BCUT2D eigenvalue weighted by Crippen LogP contribution is -2.41. The van der Waals surface area contributed by atoms with Crippen LogP contribution in [0.15, 0.2) is 30.7 Å². The Kier molecular flexibility index (Phi) is 4.51. The fraction of sp³-hybridized carbons (Fsp3) is 0.529.